The van der Waals surface area contributed by atoms with Gasteiger partial charge < -0.3 is 10.1 Å². The minimum absolute atomic E-state index is 0.0650. The number of ether oxygens (including phenoxy) is 1. The molecule has 0 bridgehead atoms. The van der Waals surface area contributed by atoms with Crippen LogP contribution in [0.4, 0.5) is 10.1 Å². The second-order valence-corrected chi connectivity index (χ2v) is 8.18. The van der Waals surface area contributed by atoms with E-state index in [1.807, 2.05) is 6.92 Å². The average Bonchev–Trinajstić information content (AvgIpc) is 2.60. The lowest BCUT2D eigenvalue weighted by atomic mass is 10.1. The summed E-state index contributed by atoms with van der Waals surface area (Å²) in [5.74, 6) is -0.654. The van der Waals surface area contributed by atoms with Crippen molar-refractivity contribution >= 4 is 21.6 Å². The first-order chi connectivity index (χ1) is 12.7. The molecule has 0 aliphatic carbocycles. The van der Waals surface area contributed by atoms with Gasteiger partial charge in [0.2, 0.25) is 10.0 Å². The van der Waals surface area contributed by atoms with E-state index in [0.29, 0.717) is 23.4 Å². The van der Waals surface area contributed by atoms with E-state index in [0.717, 1.165) is 6.26 Å². The molecular formula is C19H23FN2O4S. The zero-order valence-electron chi connectivity index (χ0n) is 15.5. The Hall–Kier alpha value is -2.45. The van der Waals surface area contributed by atoms with E-state index < -0.39 is 10.0 Å². The first-order valence-corrected chi connectivity index (χ1v) is 10.2. The van der Waals surface area contributed by atoms with Crippen LogP contribution in [0.15, 0.2) is 48.5 Å². The van der Waals surface area contributed by atoms with Crippen LogP contribution in [0.25, 0.3) is 0 Å². The first-order valence-electron chi connectivity index (χ1n) is 8.32. The van der Waals surface area contributed by atoms with Crippen LogP contribution in [-0.4, -0.2) is 40.3 Å². The van der Waals surface area contributed by atoms with Crippen molar-refractivity contribution in [2.75, 3.05) is 24.3 Å². The third-order valence-corrected chi connectivity index (χ3v) is 4.99. The average molecular weight is 394 g/mol. The Morgan fingerprint density at radius 2 is 1.74 bits per heavy atom. The quantitative estimate of drug-likeness (QED) is 0.747. The monoisotopic (exact) mass is 394 g/mol. The van der Waals surface area contributed by atoms with Crippen molar-refractivity contribution in [3.8, 4) is 0 Å². The first kappa shape index (κ1) is 20.9. The molecule has 0 radical (unpaired) electrons. The fourth-order valence-electron chi connectivity index (χ4n) is 2.53. The van der Waals surface area contributed by atoms with Crippen LogP contribution >= 0.6 is 0 Å². The second kappa shape index (κ2) is 8.96. The van der Waals surface area contributed by atoms with Gasteiger partial charge in [-0.2, -0.15) is 0 Å². The molecule has 2 aromatic carbocycles. The van der Waals surface area contributed by atoms with E-state index in [4.69, 9.17) is 4.74 Å². The highest BCUT2D eigenvalue weighted by Crippen LogP contribution is 2.21. The van der Waals surface area contributed by atoms with E-state index in [1.165, 1.54) is 28.6 Å². The number of anilines is 1. The minimum Gasteiger partial charge on any atom is -0.383 e. The van der Waals surface area contributed by atoms with Gasteiger partial charge in [-0.25, -0.2) is 12.8 Å². The predicted octanol–water partition coefficient (Wildman–Crippen LogP) is 2.56. The molecular weight excluding hydrogens is 371 g/mol. The molecule has 146 valence electrons. The number of rotatable bonds is 8. The van der Waals surface area contributed by atoms with E-state index in [9.17, 15) is 17.6 Å². The van der Waals surface area contributed by atoms with Crippen molar-refractivity contribution in [3.05, 3.63) is 65.5 Å². The lowest BCUT2D eigenvalue weighted by Gasteiger charge is -2.23. The standard InChI is InChI=1S/C19H23FN2O4S/c1-14(13-26-2)21-19(23)16-6-10-18(11-7-16)22(27(3,24)25)12-15-4-8-17(20)9-5-15/h4-11,14H,12-13H2,1-3H3,(H,21,23)/t14-/m0/s1. The number of nitrogens with zero attached hydrogens (tertiary/aromatic N) is 1. The molecule has 0 fully saturated rings. The molecule has 2 aromatic rings. The highest BCUT2D eigenvalue weighted by atomic mass is 32.2. The van der Waals surface area contributed by atoms with Crippen molar-refractivity contribution in [3.63, 3.8) is 0 Å². The van der Waals surface area contributed by atoms with Gasteiger partial charge in [0.15, 0.2) is 0 Å². The topological polar surface area (TPSA) is 75.7 Å². The third-order valence-electron chi connectivity index (χ3n) is 3.85. The minimum atomic E-state index is -3.56. The summed E-state index contributed by atoms with van der Waals surface area (Å²) in [7, 11) is -2.01. The summed E-state index contributed by atoms with van der Waals surface area (Å²) in [6.45, 7) is 2.28. The highest BCUT2D eigenvalue weighted by Gasteiger charge is 2.19. The van der Waals surface area contributed by atoms with Crippen molar-refractivity contribution in [2.45, 2.75) is 19.5 Å². The van der Waals surface area contributed by atoms with Crippen LogP contribution in [0.2, 0.25) is 0 Å². The molecule has 0 aliphatic rings. The van der Waals surface area contributed by atoms with Gasteiger partial charge in [0.05, 0.1) is 25.1 Å². The highest BCUT2D eigenvalue weighted by molar-refractivity contribution is 7.92. The SMILES string of the molecule is COC[C@H](C)NC(=O)c1ccc(N(Cc2ccc(F)cc2)S(C)(=O)=O)cc1. The number of hydrogen-bond donors (Lipinski definition) is 1. The van der Waals surface area contributed by atoms with Crippen LogP contribution in [0, 0.1) is 5.82 Å². The molecule has 0 heterocycles. The van der Waals surface area contributed by atoms with Gasteiger partial charge in [-0.3, -0.25) is 9.10 Å². The number of halogens is 1. The molecule has 1 atom stereocenters. The molecule has 1 N–H and O–H groups in total. The summed E-state index contributed by atoms with van der Waals surface area (Å²) in [5, 5.41) is 2.79. The van der Waals surface area contributed by atoms with Crippen LogP contribution in [-0.2, 0) is 21.3 Å². The van der Waals surface area contributed by atoms with Gasteiger partial charge >= 0.3 is 0 Å². The van der Waals surface area contributed by atoms with Crippen LogP contribution in [0.5, 0.6) is 0 Å². The van der Waals surface area contributed by atoms with Crippen LogP contribution in [0.3, 0.4) is 0 Å². The molecule has 8 heteroatoms. The molecule has 1 amide bonds. The molecule has 0 saturated heterocycles. The summed E-state index contributed by atoms with van der Waals surface area (Å²) >= 11 is 0. The Bertz CT molecular complexity index is 868. The van der Waals surface area contributed by atoms with Gasteiger partial charge in [-0.05, 0) is 48.9 Å². The van der Waals surface area contributed by atoms with Gasteiger partial charge in [0.1, 0.15) is 5.82 Å². The lowest BCUT2D eigenvalue weighted by Crippen LogP contribution is -2.35. The summed E-state index contributed by atoms with van der Waals surface area (Å²) in [6, 6.07) is 11.8. The number of carbonyl (C=O) groups is 1. The Balaban J connectivity index is 2.19. The van der Waals surface area contributed by atoms with E-state index in [-0.39, 0.29) is 24.3 Å². The van der Waals surface area contributed by atoms with Gasteiger partial charge in [-0.15, -0.1) is 0 Å². The molecule has 27 heavy (non-hydrogen) atoms. The maximum Gasteiger partial charge on any atom is 0.251 e. The zero-order chi connectivity index (χ0) is 20.0. The molecule has 0 spiro atoms. The fourth-order valence-corrected chi connectivity index (χ4v) is 3.42. The normalized spacial score (nSPS) is 12.4. The van der Waals surface area contributed by atoms with Crippen LogP contribution in [0.1, 0.15) is 22.8 Å². The Labute approximate surface area is 159 Å². The second-order valence-electron chi connectivity index (χ2n) is 6.27. The maximum absolute atomic E-state index is 13.1. The molecule has 2 rings (SSSR count). The summed E-state index contributed by atoms with van der Waals surface area (Å²) < 4.78 is 43.6. The number of nitrogens with one attached hydrogen (secondary N) is 1. The van der Waals surface area contributed by atoms with Crippen molar-refractivity contribution < 1.29 is 22.3 Å². The number of benzene rings is 2. The maximum atomic E-state index is 13.1. The fraction of sp³-hybridized carbons (Fsp3) is 0.316. The molecule has 0 aliphatic heterocycles. The number of carbonyl (C=O) groups excluding carboxylic acids is 1. The number of methoxy groups -OCH3 is 1. The number of amides is 1. The Morgan fingerprint density at radius 3 is 2.26 bits per heavy atom. The third kappa shape index (κ3) is 6.04. The summed E-state index contributed by atoms with van der Waals surface area (Å²) in [4.78, 5) is 12.2. The molecule has 6 nitrogen and oxygen atoms in total. The van der Waals surface area contributed by atoms with E-state index in [1.54, 1.807) is 31.4 Å². The van der Waals surface area contributed by atoms with Gasteiger partial charge in [-0.1, -0.05) is 12.1 Å². The summed E-state index contributed by atoms with van der Waals surface area (Å²) in [5.41, 5.74) is 1.48. The largest absolute Gasteiger partial charge is 0.383 e. The van der Waals surface area contributed by atoms with E-state index in [2.05, 4.69) is 5.32 Å². The van der Waals surface area contributed by atoms with Crippen molar-refractivity contribution in [1.29, 1.82) is 0 Å². The lowest BCUT2D eigenvalue weighted by molar-refractivity contribution is 0.0905. The molecule has 0 saturated carbocycles. The number of sulfonamides is 1. The zero-order valence-corrected chi connectivity index (χ0v) is 16.3. The van der Waals surface area contributed by atoms with Crippen molar-refractivity contribution in [1.82, 2.24) is 5.32 Å². The Kier molecular flexibility index (Phi) is 6.92. The molecule has 0 unspecified atom stereocenters. The smallest absolute Gasteiger partial charge is 0.251 e. The predicted molar refractivity (Wildman–Crippen MR) is 103 cm³/mol. The molecule has 0 aromatic heterocycles. The van der Waals surface area contributed by atoms with Gasteiger partial charge in [0.25, 0.3) is 5.91 Å². The summed E-state index contributed by atoms with van der Waals surface area (Å²) in [6.07, 6.45) is 1.10. The number of hydrogen-bond acceptors (Lipinski definition) is 4. The van der Waals surface area contributed by atoms with Crippen molar-refractivity contribution in [2.24, 2.45) is 0 Å². The van der Waals surface area contributed by atoms with E-state index >= 15 is 0 Å². The van der Waals surface area contributed by atoms with Crippen LogP contribution < -0.4 is 9.62 Å². The van der Waals surface area contributed by atoms with Gasteiger partial charge in [0, 0.05) is 18.7 Å². The Morgan fingerprint density at radius 1 is 1.15 bits per heavy atom.